The predicted octanol–water partition coefficient (Wildman–Crippen LogP) is 7.35. The maximum absolute atomic E-state index is 14.3. The molecule has 19 heteroatoms. The number of carbonyl (C=O) groups is 1. The summed E-state index contributed by atoms with van der Waals surface area (Å²) in [5.74, 6) is -15.1. The van der Waals surface area contributed by atoms with Gasteiger partial charge in [-0.2, -0.15) is 43.9 Å². The first-order chi connectivity index (χ1) is 16.0. The highest BCUT2D eigenvalue weighted by molar-refractivity contribution is 9.10. The lowest BCUT2D eigenvalue weighted by Crippen LogP contribution is -2.61. The molecule has 1 N–H and O–H groups in total. The van der Waals surface area contributed by atoms with Crippen LogP contribution in [0.25, 0.3) is 0 Å². The number of furan rings is 1. The van der Waals surface area contributed by atoms with Crippen molar-refractivity contribution in [1.29, 1.82) is 0 Å². The van der Waals surface area contributed by atoms with Crippen LogP contribution in [0.1, 0.15) is 16.1 Å². The fourth-order valence-electron chi connectivity index (χ4n) is 2.26. The Morgan fingerprint density at radius 1 is 0.778 bits per heavy atom. The van der Waals surface area contributed by atoms with Gasteiger partial charge in [0.2, 0.25) is 0 Å². The Morgan fingerprint density at radius 2 is 1.33 bits per heavy atom. The molecule has 0 spiro atoms. The van der Waals surface area contributed by atoms with Crippen molar-refractivity contribution < 1.29 is 75.8 Å². The zero-order valence-electron chi connectivity index (χ0n) is 16.4. The van der Waals surface area contributed by atoms with E-state index in [0.717, 1.165) is 12.1 Å². The van der Waals surface area contributed by atoms with Crippen molar-refractivity contribution in [2.24, 2.45) is 0 Å². The van der Waals surface area contributed by atoms with E-state index < -0.39 is 59.5 Å². The minimum Gasteiger partial charge on any atom is -0.444 e. The average Bonchev–Trinajstić information content (AvgIpc) is 3.11. The highest BCUT2D eigenvalue weighted by atomic mass is 79.9. The molecule has 0 fully saturated rings. The summed E-state index contributed by atoms with van der Waals surface area (Å²) in [6.07, 6.45) is -28.0. The fourth-order valence-corrected chi connectivity index (χ4v) is 2.56. The van der Waals surface area contributed by atoms with Crippen molar-refractivity contribution in [3.8, 4) is 0 Å². The van der Waals surface area contributed by atoms with Gasteiger partial charge in [0.05, 0.1) is 0 Å². The van der Waals surface area contributed by atoms with Crippen molar-refractivity contribution in [3.05, 3.63) is 52.4 Å². The second-order valence-corrected chi connectivity index (χ2v) is 7.27. The van der Waals surface area contributed by atoms with E-state index in [1.165, 1.54) is 10.8 Å². The standard InChI is InChI=1S/C17H7BrF13NO4/c18-10-5-4-9(34-10)11(33)32-8-3-1-2-7(6-8)12(19,20)14(23,24)35-15(25,26)13(21,22)16(27,28)36-17(29,30)31/h1-6H,(H,32,33). The molecule has 0 saturated heterocycles. The molecule has 36 heavy (non-hydrogen) atoms. The van der Waals surface area contributed by atoms with Gasteiger partial charge in [0.15, 0.2) is 10.4 Å². The summed E-state index contributed by atoms with van der Waals surface area (Å²) in [4.78, 5) is 11.9. The van der Waals surface area contributed by atoms with Crippen molar-refractivity contribution in [2.75, 3.05) is 5.32 Å². The molecule has 0 saturated carbocycles. The number of anilines is 1. The molecule has 1 aromatic carbocycles. The third-order valence-corrected chi connectivity index (χ3v) is 4.30. The molecule has 2 rings (SSSR count). The van der Waals surface area contributed by atoms with Crippen LogP contribution in [0.5, 0.6) is 0 Å². The third-order valence-electron chi connectivity index (χ3n) is 3.88. The normalized spacial score (nSPS) is 14.2. The highest BCUT2D eigenvalue weighted by Crippen LogP contribution is 2.54. The monoisotopic (exact) mass is 615 g/mol. The van der Waals surface area contributed by atoms with E-state index in [4.69, 9.17) is 4.42 Å². The summed E-state index contributed by atoms with van der Waals surface area (Å²) < 4.78 is 180. The maximum Gasteiger partial charge on any atom is 0.527 e. The molecule has 1 aromatic heterocycles. The zero-order chi connectivity index (χ0) is 28.0. The number of alkyl halides is 13. The highest BCUT2D eigenvalue weighted by Gasteiger charge is 2.80. The molecule has 0 atom stereocenters. The van der Waals surface area contributed by atoms with Crippen LogP contribution in [0.4, 0.5) is 62.8 Å². The Hall–Kier alpha value is -2.54. The molecule has 0 aliphatic rings. The first-order valence-electron chi connectivity index (χ1n) is 8.56. The van der Waals surface area contributed by atoms with Crippen LogP contribution < -0.4 is 5.32 Å². The first kappa shape index (κ1) is 29.7. The van der Waals surface area contributed by atoms with E-state index >= 15 is 0 Å². The summed E-state index contributed by atoms with van der Waals surface area (Å²) in [5.41, 5.74) is -2.66. The minimum absolute atomic E-state index is 0.0464. The fraction of sp³-hybridized carbons (Fsp3) is 0.353. The Morgan fingerprint density at radius 3 is 1.83 bits per heavy atom. The van der Waals surface area contributed by atoms with E-state index in [0.29, 0.717) is 6.07 Å². The Kier molecular flexibility index (Phi) is 7.75. The number of amides is 1. The van der Waals surface area contributed by atoms with E-state index in [2.05, 4.69) is 15.9 Å². The van der Waals surface area contributed by atoms with Crippen LogP contribution in [0, 0.1) is 0 Å². The van der Waals surface area contributed by atoms with Crippen molar-refractivity contribution in [1.82, 2.24) is 0 Å². The molecule has 202 valence electrons. The third kappa shape index (κ3) is 6.05. The summed E-state index contributed by atoms with van der Waals surface area (Å²) in [6.45, 7) is 0. The zero-order valence-corrected chi connectivity index (χ0v) is 18.0. The molecule has 2 aromatic rings. The SMILES string of the molecule is O=C(Nc1cccc(C(F)(F)C(F)(F)OC(F)(F)C(F)(F)C(F)(F)OC(F)(F)F)c1)c1ccc(Br)o1. The molecule has 0 aliphatic heterocycles. The largest absolute Gasteiger partial charge is 0.527 e. The van der Waals surface area contributed by atoms with E-state index in [1.54, 1.807) is 0 Å². The van der Waals surface area contributed by atoms with Gasteiger partial charge < -0.3 is 9.73 Å². The molecule has 1 amide bonds. The van der Waals surface area contributed by atoms with Gasteiger partial charge in [-0.15, -0.1) is 13.2 Å². The maximum atomic E-state index is 14.3. The lowest BCUT2D eigenvalue weighted by Gasteiger charge is -2.35. The van der Waals surface area contributed by atoms with Gasteiger partial charge in [-0.3, -0.25) is 4.79 Å². The average molecular weight is 616 g/mol. The van der Waals surface area contributed by atoms with Crippen LogP contribution in [0.2, 0.25) is 0 Å². The molecule has 0 bridgehead atoms. The van der Waals surface area contributed by atoms with Gasteiger partial charge in [0.1, 0.15) is 0 Å². The molecule has 0 unspecified atom stereocenters. The van der Waals surface area contributed by atoms with Crippen LogP contribution in [0.15, 0.2) is 45.5 Å². The van der Waals surface area contributed by atoms with Gasteiger partial charge in [-0.1, -0.05) is 12.1 Å². The van der Waals surface area contributed by atoms with Crippen molar-refractivity contribution in [2.45, 2.75) is 36.5 Å². The van der Waals surface area contributed by atoms with E-state index in [-0.39, 0.29) is 16.8 Å². The van der Waals surface area contributed by atoms with E-state index in [9.17, 15) is 61.9 Å². The van der Waals surface area contributed by atoms with Crippen molar-refractivity contribution >= 4 is 27.5 Å². The van der Waals surface area contributed by atoms with Gasteiger partial charge in [-0.25, -0.2) is 9.47 Å². The van der Waals surface area contributed by atoms with E-state index in [1.807, 2.05) is 10.1 Å². The van der Waals surface area contributed by atoms with Crippen LogP contribution >= 0.6 is 15.9 Å². The van der Waals surface area contributed by atoms with Crippen LogP contribution in [0.3, 0.4) is 0 Å². The number of halogens is 14. The molecular formula is C17H7BrF13NO4. The molecule has 5 nitrogen and oxygen atoms in total. The molecule has 0 aliphatic carbocycles. The van der Waals surface area contributed by atoms with Crippen molar-refractivity contribution in [3.63, 3.8) is 0 Å². The number of ether oxygens (including phenoxy) is 2. The Bertz CT molecular complexity index is 1100. The summed E-state index contributed by atoms with van der Waals surface area (Å²) in [6, 6.07) is 3.87. The lowest BCUT2D eigenvalue weighted by molar-refractivity contribution is -0.535. The number of nitrogens with one attached hydrogen (secondary N) is 1. The smallest absolute Gasteiger partial charge is 0.444 e. The molecule has 1 heterocycles. The number of carbonyl (C=O) groups excluding carboxylic acids is 1. The van der Waals surface area contributed by atoms with Gasteiger partial charge >= 0.3 is 36.5 Å². The number of hydrogen-bond acceptors (Lipinski definition) is 4. The van der Waals surface area contributed by atoms with Gasteiger partial charge in [0, 0.05) is 11.3 Å². The Balaban J connectivity index is 2.32. The van der Waals surface area contributed by atoms with Crippen LogP contribution in [-0.2, 0) is 15.4 Å². The number of hydrogen-bond donors (Lipinski definition) is 1. The topological polar surface area (TPSA) is 60.7 Å². The first-order valence-corrected chi connectivity index (χ1v) is 9.35. The second-order valence-electron chi connectivity index (χ2n) is 6.49. The van der Waals surface area contributed by atoms with Gasteiger partial charge in [0.25, 0.3) is 5.91 Å². The number of rotatable bonds is 9. The predicted molar refractivity (Wildman–Crippen MR) is 92.7 cm³/mol. The Labute approximate surface area is 198 Å². The second kappa shape index (κ2) is 9.40. The van der Waals surface area contributed by atoms with Gasteiger partial charge in [-0.05, 0) is 40.2 Å². The number of benzene rings is 1. The summed E-state index contributed by atoms with van der Waals surface area (Å²) in [5, 5.41) is 1.89. The summed E-state index contributed by atoms with van der Waals surface area (Å²) in [7, 11) is 0. The minimum atomic E-state index is -7.53. The quantitative estimate of drug-likeness (QED) is 0.300. The molecular weight excluding hydrogens is 609 g/mol. The summed E-state index contributed by atoms with van der Waals surface area (Å²) >= 11 is 2.84. The van der Waals surface area contributed by atoms with Crippen LogP contribution in [-0.4, -0.2) is 36.5 Å². The lowest BCUT2D eigenvalue weighted by atomic mass is 10.1. The molecule has 0 radical (unpaired) electrons.